The molecule has 2 heterocycles. The van der Waals surface area contributed by atoms with Crippen molar-refractivity contribution < 1.29 is 0 Å². The Labute approximate surface area is 115 Å². The lowest BCUT2D eigenvalue weighted by Crippen LogP contribution is -2.38. The number of nitrogens with one attached hydrogen (secondary N) is 2. The van der Waals surface area contributed by atoms with Crippen molar-refractivity contribution in [2.75, 3.05) is 18.4 Å². The monoisotopic (exact) mass is 260 g/mol. The fourth-order valence-electron chi connectivity index (χ4n) is 3.22. The lowest BCUT2D eigenvalue weighted by Gasteiger charge is -2.24. The topological polar surface area (TPSA) is 49.8 Å². The predicted octanol–water partition coefficient (Wildman–Crippen LogP) is 2.69. The summed E-state index contributed by atoms with van der Waals surface area (Å²) in [5.74, 6) is 1.48. The van der Waals surface area contributed by atoms with Crippen LogP contribution >= 0.6 is 0 Å². The SMILES string of the molecule is c1nc(NC2CCCNC2)ncc1C1CCCCC1. The molecule has 19 heavy (non-hydrogen) atoms. The smallest absolute Gasteiger partial charge is 0.222 e. The normalized spacial score (nSPS) is 25.2. The molecule has 0 aromatic carbocycles. The van der Waals surface area contributed by atoms with E-state index >= 15 is 0 Å². The van der Waals surface area contributed by atoms with Crippen LogP contribution in [-0.4, -0.2) is 29.1 Å². The summed E-state index contributed by atoms with van der Waals surface area (Å²) in [4.78, 5) is 9.00. The summed E-state index contributed by atoms with van der Waals surface area (Å²) in [6, 6.07) is 0.481. The maximum atomic E-state index is 4.50. The van der Waals surface area contributed by atoms with Crippen LogP contribution in [0.4, 0.5) is 5.95 Å². The zero-order valence-electron chi connectivity index (χ0n) is 11.6. The Morgan fingerprint density at radius 1 is 1.00 bits per heavy atom. The molecular formula is C15H24N4. The molecule has 1 aliphatic heterocycles. The number of nitrogens with zero attached hydrogens (tertiary/aromatic N) is 2. The average Bonchev–Trinajstić information content (AvgIpc) is 2.50. The van der Waals surface area contributed by atoms with E-state index < -0.39 is 0 Å². The van der Waals surface area contributed by atoms with Gasteiger partial charge >= 0.3 is 0 Å². The van der Waals surface area contributed by atoms with Gasteiger partial charge in [0.15, 0.2) is 0 Å². The van der Waals surface area contributed by atoms with E-state index in [2.05, 4.69) is 20.6 Å². The third kappa shape index (κ3) is 3.44. The fraction of sp³-hybridized carbons (Fsp3) is 0.733. The van der Waals surface area contributed by atoms with Crippen LogP contribution in [0.1, 0.15) is 56.4 Å². The van der Waals surface area contributed by atoms with Crippen molar-refractivity contribution in [3.8, 4) is 0 Å². The van der Waals surface area contributed by atoms with Gasteiger partial charge in [0.25, 0.3) is 0 Å². The summed E-state index contributed by atoms with van der Waals surface area (Å²) in [6.07, 6.45) is 13.2. The number of aromatic nitrogens is 2. The highest BCUT2D eigenvalue weighted by Crippen LogP contribution is 2.31. The minimum Gasteiger partial charge on any atom is -0.350 e. The molecule has 0 spiro atoms. The molecule has 0 bridgehead atoms. The molecule has 1 aromatic rings. The summed E-state index contributed by atoms with van der Waals surface area (Å²) >= 11 is 0. The van der Waals surface area contributed by atoms with E-state index in [9.17, 15) is 0 Å². The van der Waals surface area contributed by atoms with Gasteiger partial charge in [-0.1, -0.05) is 19.3 Å². The van der Waals surface area contributed by atoms with Gasteiger partial charge in [0.1, 0.15) is 0 Å². The Morgan fingerprint density at radius 2 is 1.79 bits per heavy atom. The van der Waals surface area contributed by atoms with E-state index in [1.807, 2.05) is 12.4 Å². The highest BCUT2D eigenvalue weighted by Gasteiger charge is 2.17. The van der Waals surface area contributed by atoms with Crippen LogP contribution in [0.25, 0.3) is 0 Å². The first-order valence-electron chi connectivity index (χ1n) is 7.71. The summed E-state index contributed by atoms with van der Waals surface area (Å²) in [6.45, 7) is 2.16. The number of hydrogen-bond acceptors (Lipinski definition) is 4. The minimum atomic E-state index is 0.481. The first-order chi connectivity index (χ1) is 9.42. The van der Waals surface area contributed by atoms with Crippen molar-refractivity contribution in [3.05, 3.63) is 18.0 Å². The zero-order chi connectivity index (χ0) is 12.9. The van der Waals surface area contributed by atoms with Crippen LogP contribution in [0.15, 0.2) is 12.4 Å². The second-order valence-electron chi connectivity index (χ2n) is 5.86. The number of hydrogen-bond donors (Lipinski definition) is 2. The molecule has 0 radical (unpaired) electrons. The van der Waals surface area contributed by atoms with E-state index in [1.54, 1.807) is 0 Å². The van der Waals surface area contributed by atoms with E-state index in [1.165, 1.54) is 50.5 Å². The minimum absolute atomic E-state index is 0.481. The standard InChI is InChI=1S/C15H24N4/c1-2-5-12(6-3-1)13-9-17-15(18-10-13)19-14-7-4-8-16-11-14/h9-10,12,14,16H,1-8,11H2,(H,17,18,19). The van der Waals surface area contributed by atoms with E-state index in [-0.39, 0.29) is 0 Å². The summed E-state index contributed by atoms with van der Waals surface area (Å²) < 4.78 is 0. The van der Waals surface area contributed by atoms with Gasteiger partial charge in [-0.15, -0.1) is 0 Å². The summed E-state index contributed by atoms with van der Waals surface area (Å²) in [7, 11) is 0. The van der Waals surface area contributed by atoms with Crippen molar-refractivity contribution in [2.45, 2.75) is 56.9 Å². The number of anilines is 1. The fourth-order valence-corrected chi connectivity index (χ4v) is 3.22. The predicted molar refractivity (Wildman–Crippen MR) is 77.4 cm³/mol. The molecule has 1 unspecified atom stereocenters. The summed E-state index contributed by atoms with van der Waals surface area (Å²) in [5.41, 5.74) is 1.33. The van der Waals surface area contributed by atoms with Gasteiger partial charge in [-0.3, -0.25) is 0 Å². The van der Waals surface area contributed by atoms with Gasteiger partial charge in [-0.25, -0.2) is 9.97 Å². The van der Waals surface area contributed by atoms with Crippen molar-refractivity contribution in [2.24, 2.45) is 0 Å². The molecule has 1 atom stereocenters. The van der Waals surface area contributed by atoms with Gasteiger partial charge < -0.3 is 10.6 Å². The third-order valence-electron chi connectivity index (χ3n) is 4.38. The molecule has 3 rings (SSSR count). The molecule has 1 aromatic heterocycles. The Morgan fingerprint density at radius 3 is 2.47 bits per heavy atom. The van der Waals surface area contributed by atoms with Gasteiger partial charge in [0.2, 0.25) is 5.95 Å². The van der Waals surface area contributed by atoms with Crippen molar-refractivity contribution >= 4 is 5.95 Å². The maximum Gasteiger partial charge on any atom is 0.222 e. The molecule has 1 aliphatic carbocycles. The van der Waals surface area contributed by atoms with Gasteiger partial charge in [-0.2, -0.15) is 0 Å². The average molecular weight is 260 g/mol. The van der Waals surface area contributed by atoms with Crippen LogP contribution in [-0.2, 0) is 0 Å². The first kappa shape index (κ1) is 12.9. The molecule has 104 valence electrons. The molecule has 4 nitrogen and oxygen atoms in total. The highest BCUT2D eigenvalue weighted by atomic mass is 15.1. The van der Waals surface area contributed by atoms with Crippen molar-refractivity contribution in [1.82, 2.24) is 15.3 Å². The second-order valence-corrected chi connectivity index (χ2v) is 5.86. The van der Waals surface area contributed by atoms with Crippen LogP contribution in [0, 0.1) is 0 Å². The van der Waals surface area contributed by atoms with Crippen LogP contribution in [0.3, 0.4) is 0 Å². The van der Waals surface area contributed by atoms with Gasteiger partial charge in [-0.05, 0) is 43.7 Å². The van der Waals surface area contributed by atoms with E-state index in [4.69, 9.17) is 0 Å². The van der Waals surface area contributed by atoms with E-state index in [0.717, 1.165) is 19.0 Å². The molecule has 2 fully saturated rings. The zero-order valence-corrected chi connectivity index (χ0v) is 11.6. The molecule has 2 N–H and O–H groups in total. The van der Waals surface area contributed by atoms with Crippen LogP contribution in [0.2, 0.25) is 0 Å². The second kappa shape index (κ2) is 6.33. The highest BCUT2D eigenvalue weighted by molar-refractivity contribution is 5.28. The van der Waals surface area contributed by atoms with Gasteiger partial charge in [0.05, 0.1) is 0 Å². The Balaban J connectivity index is 1.58. The number of rotatable bonds is 3. The van der Waals surface area contributed by atoms with Crippen molar-refractivity contribution in [1.29, 1.82) is 0 Å². The summed E-state index contributed by atoms with van der Waals surface area (Å²) in [5, 5.41) is 6.83. The third-order valence-corrected chi connectivity index (χ3v) is 4.38. The number of piperidine rings is 1. The molecule has 4 heteroatoms. The van der Waals surface area contributed by atoms with Crippen LogP contribution < -0.4 is 10.6 Å². The quantitative estimate of drug-likeness (QED) is 0.877. The lowest BCUT2D eigenvalue weighted by atomic mass is 9.85. The molecule has 2 aliphatic rings. The molecule has 1 saturated carbocycles. The van der Waals surface area contributed by atoms with Crippen molar-refractivity contribution in [3.63, 3.8) is 0 Å². The van der Waals surface area contributed by atoms with Crippen LogP contribution in [0.5, 0.6) is 0 Å². The first-order valence-corrected chi connectivity index (χ1v) is 7.71. The molecular weight excluding hydrogens is 236 g/mol. The molecule has 1 saturated heterocycles. The lowest BCUT2D eigenvalue weighted by molar-refractivity contribution is 0.442. The Kier molecular flexibility index (Phi) is 4.28. The van der Waals surface area contributed by atoms with E-state index in [0.29, 0.717) is 12.0 Å². The Hall–Kier alpha value is -1.16. The largest absolute Gasteiger partial charge is 0.350 e. The maximum absolute atomic E-state index is 4.50. The Bertz CT molecular complexity index is 378. The van der Waals surface area contributed by atoms with Gasteiger partial charge in [0, 0.05) is 25.0 Å². The molecule has 0 amide bonds.